The molecule has 0 spiro atoms. The molecule has 2 N–H and O–H groups in total. The van der Waals surface area contributed by atoms with E-state index >= 15 is 0 Å². The van der Waals surface area contributed by atoms with Gasteiger partial charge in [-0.3, -0.25) is 4.79 Å². The summed E-state index contributed by atoms with van der Waals surface area (Å²) >= 11 is 0. The van der Waals surface area contributed by atoms with Crippen molar-refractivity contribution in [2.75, 3.05) is 0 Å². The lowest BCUT2D eigenvalue weighted by atomic mass is 9.69. The van der Waals surface area contributed by atoms with Crippen molar-refractivity contribution < 1.29 is 14.7 Å². The molecule has 1 heterocycles. The summed E-state index contributed by atoms with van der Waals surface area (Å²) in [6, 6.07) is -0.689. The molecule has 1 aliphatic heterocycles. The smallest absolute Gasteiger partial charge is 0.326 e. The van der Waals surface area contributed by atoms with Crippen LogP contribution in [0.25, 0.3) is 0 Å². The number of rotatable bonds is 3. The van der Waals surface area contributed by atoms with Gasteiger partial charge >= 0.3 is 5.97 Å². The highest BCUT2D eigenvalue weighted by atomic mass is 16.4. The maximum atomic E-state index is 11.3. The van der Waals surface area contributed by atoms with Crippen LogP contribution in [0.15, 0.2) is 0 Å². The highest BCUT2D eigenvalue weighted by Crippen LogP contribution is 2.43. The largest absolute Gasteiger partial charge is 0.480 e. The van der Waals surface area contributed by atoms with Crippen molar-refractivity contribution in [1.29, 1.82) is 0 Å². The first-order valence-electron chi connectivity index (χ1n) is 5.53. The Hall–Kier alpha value is -1.06. The number of aliphatic carboxylic acids is 1. The molecule has 1 saturated heterocycles. The molecule has 1 aliphatic carbocycles. The van der Waals surface area contributed by atoms with Gasteiger partial charge < -0.3 is 10.4 Å². The van der Waals surface area contributed by atoms with E-state index in [4.69, 9.17) is 5.11 Å². The Balaban J connectivity index is 2.08. The Labute approximate surface area is 89.0 Å². The lowest BCUT2D eigenvalue weighted by Crippen LogP contribution is -2.43. The Morgan fingerprint density at radius 1 is 1.60 bits per heavy atom. The molecule has 1 saturated carbocycles. The first kappa shape index (κ1) is 10.5. The van der Waals surface area contributed by atoms with Crippen LogP contribution in [0.3, 0.4) is 0 Å². The third kappa shape index (κ3) is 1.85. The van der Waals surface area contributed by atoms with Gasteiger partial charge in [0.15, 0.2) is 0 Å². The average molecular weight is 211 g/mol. The Kier molecular flexibility index (Phi) is 2.44. The molecule has 2 rings (SSSR count). The Morgan fingerprint density at radius 2 is 2.27 bits per heavy atom. The van der Waals surface area contributed by atoms with E-state index in [1.165, 1.54) is 19.3 Å². The minimum absolute atomic E-state index is 0.121. The van der Waals surface area contributed by atoms with E-state index in [0.717, 1.165) is 6.42 Å². The molecule has 0 bridgehead atoms. The first-order valence-corrected chi connectivity index (χ1v) is 5.53. The highest BCUT2D eigenvalue weighted by molar-refractivity contribution is 5.89. The van der Waals surface area contributed by atoms with E-state index in [0.29, 0.717) is 12.3 Å². The lowest BCUT2D eigenvalue weighted by molar-refractivity contribution is -0.142. The Bertz CT molecular complexity index is 298. The van der Waals surface area contributed by atoms with E-state index in [1.54, 1.807) is 0 Å². The van der Waals surface area contributed by atoms with Crippen molar-refractivity contribution in [3.05, 3.63) is 0 Å². The quantitative estimate of drug-likeness (QED) is 0.736. The van der Waals surface area contributed by atoms with Gasteiger partial charge in [-0.05, 0) is 12.3 Å². The van der Waals surface area contributed by atoms with Crippen LogP contribution in [-0.2, 0) is 9.59 Å². The van der Waals surface area contributed by atoms with Gasteiger partial charge in [0, 0.05) is 11.8 Å². The van der Waals surface area contributed by atoms with E-state index in [9.17, 15) is 9.59 Å². The maximum absolute atomic E-state index is 11.3. The second kappa shape index (κ2) is 3.51. The number of carboxylic acid groups (broad SMARTS) is 1. The van der Waals surface area contributed by atoms with Gasteiger partial charge in [-0.25, -0.2) is 4.79 Å². The molecule has 2 unspecified atom stereocenters. The number of carbonyl (C=O) groups excluding carboxylic acids is 1. The van der Waals surface area contributed by atoms with E-state index in [2.05, 4.69) is 5.32 Å². The molecule has 2 atom stereocenters. The zero-order valence-corrected chi connectivity index (χ0v) is 8.95. The average Bonchev–Trinajstić information content (AvgIpc) is 2.35. The molecular weight excluding hydrogens is 194 g/mol. The van der Waals surface area contributed by atoms with E-state index < -0.39 is 12.0 Å². The maximum Gasteiger partial charge on any atom is 0.326 e. The predicted octanol–water partition coefficient (Wildman–Crippen LogP) is 1.16. The number of carboxylic acids is 1. The minimum Gasteiger partial charge on any atom is -0.480 e. The standard InChI is InChI=1S/C11H17NO3/c1-11(5-7-3-2-4-7)6-8(13)12-9(11)10(14)15/h7,9H,2-6H2,1H3,(H,12,13)(H,14,15). The van der Waals surface area contributed by atoms with Crippen molar-refractivity contribution in [3.63, 3.8) is 0 Å². The summed E-state index contributed by atoms with van der Waals surface area (Å²) in [5.74, 6) is -0.392. The van der Waals surface area contributed by atoms with Crippen LogP contribution in [0.5, 0.6) is 0 Å². The van der Waals surface area contributed by atoms with Crippen molar-refractivity contribution in [3.8, 4) is 0 Å². The summed E-state index contributed by atoms with van der Waals surface area (Å²) < 4.78 is 0. The molecule has 2 aliphatic rings. The summed E-state index contributed by atoms with van der Waals surface area (Å²) in [6.45, 7) is 1.92. The third-order valence-corrected chi connectivity index (χ3v) is 3.79. The van der Waals surface area contributed by atoms with Crippen molar-refractivity contribution in [2.24, 2.45) is 11.3 Å². The van der Waals surface area contributed by atoms with Crippen molar-refractivity contribution >= 4 is 11.9 Å². The molecular formula is C11H17NO3. The van der Waals surface area contributed by atoms with Crippen LogP contribution in [0.1, 0.15) is 39.0 Å². The second-order valence-corrected chi connectivity index (χ2v) is 5.17. The fourth-order valence-corrected chi connectivity index (χ4v) is 2.76. The summed E-state index contributed by atoms with van der Waals surface area (Å²) in [5.41, 5.74) is -0.381. The molecule has 4 nitrogen and oxygen atoms in total. The van der Waals surface area contributed by atoms with Gasteiger partial charge in [-0.1, -0.05) is 26.2 Å². The molecule has 0 aromatic rings. The Morgan fingerprint density at radius 3 is 2.73 bits per heavy atom. The second-order valence-electron chi connectivity index (χ2n) is 5.17. The fraction of sp³-hybridized carbons (Fsp3) is 0.818. The third-order valence-electron chi connectivity index (χ3n) is 3.79. The molecule has 15 heavy (non-hydrogen) atoms. The summed E-state index contributed by atoms with van der Waals surface area (Å²) in [6.07, 6.45) is 4.86. The van der Waals surface area contributed by atoms with Crippen LogP contribution >= 0.6 is 0 Å². The number of carbonyl (C=O) groups is 2. The molecule has 84 valence electrons. The van der Waals surface area contributed by atoms with Gasteiger partial charge in [0.2, 0.25) is 5.91 Å². The van der Waals surface area contributed by atoms with Gasteiger partial charge in [-0.2, -0.15) is 0 Å². The SMILES string of the molecule is CC1(CC2CCC2)CC(=O)NC1C(=O)O. The van der Waals surface area contributed by atoms with E-state index in [-0.39, 0.29) is 11.3 Å². The highest BCUT2D eigenvalue weighted by Gasteiger charge is 2.48. The summed E-state index contributed by atoms with van der Waals surface area (Å²) in [5, 5.41) is 11.6. The monoisotopic (exact) mass is 211 g/mol. The number of amides is 1. The van der Waals surface area contributed by atoms with Crippen molar-refractivity contribution in [1.82, 2.24) is 5.32 Å². The normalized spacial score (nSPS) is 36.1. The predicted molar refractivity (Wildman–Crippen MR) is 54.2 cm³/mol. The zero-order chi connectivity index (χ0) is 11.1. The van der Waals surface area contributed by atoms with Gasteiger partial charge in [0.05, 0.1) is 0 Å². The molecule has 0 aromatic carbocycles. The number of hydrogen-bond donors (Lipinski definition) is 2. The van der Waals surface area contributed by atoms with Crippen LogP contribution in [0, 0.1) is 11.3 Å². The number of nitrogens with one attached hydrogen (secondary N) is 1. The van der Waals surface area contributed by atoms with Gasteiger partial charge in [0.25, 0.3) is 0 Å². The minimum atomic E-state index is -0.900. The van der Waals surface area contributed by atoms with Crippen LogP contribution in [0.4, 0.5) is 0 Å². The van der Waals surface area contributed by atoms with E-state index in [1.807, 2.05) is 6.92 Å². The molecule has 1 amide bonds. The van der Waals surface area contributed by atoms with Gasteiger partial charge in [0.1, 0.15) is 6.04 Å². The van der Waals surface area contributed by atoms with Crippen LogP contribution in [0.2, 0.25) is 0 Å². The number of hydrogen-bond acceptors (Lipinski definition) is 2. The lowest BCUT2D eigenvalue weighted by Gasteiger charge is -2.35. The van der Waals surface area contributed by atoms with Crippen LogP contribution in [-0.4, -0.2) is 23.0 Å². The molecule has 0 radical (unpaired) electrons. The molecule has 0 aromatic heterocycles. The summed E-state index contributed by atoms with van der Waals surface area (Å²) in [4.78, 5) is 22.3. The summed E-state index contributed by atoms with van der Waals surface area (Å²) in [7, 11) is 0. The zero-order valence-electron chi connectivity index (χ0n) is 8.95. The first-order chi connectivity index (χ1) is 7.01. The topological polar surface area (TPSA) is 66.4 Å². The molecule has 4 heteroatoms. The van der Waals surface area contributed by atoms with Crippen LogP contribution < -0.4 is 5.32 Å². The van der Waals surface area contributed by atoms with Crippen molar-refractivity contribution in [2.45, 2.75) is 45.1 Å². The van der Waals surface area contributed by atoms with Gasteiger partial charge in [-0.15, -0.1) is 0 Å². The fourth-order valence-electron chi connectivity index (χ4n) is 2.76. The molecule has 2 fully saturated rings.